The van der Waals surface area contributed by atoms with Crippen LogP contribution < -0.4 is 5.32 Å². The number of para-hydroxylation sites is 1. The van der Waals surface area contributed by atoms with Crippen LogP contribution in [0.5, 0.6) is 0 Å². The van der Waals surface area contributed by atoms with Crippen molar-refractivity contribution in [1.29, 1.82) is 0 Å². The lowest BCUT2D eigenvalue weighted by molar-refractivity contribution is -0.116. The summed E-state index contributed by atoms with van der Waals surface area (Å²) in [6, 6.07) is 16.6. The van der Waals surface area contributed by atoms with Crippen LogP contribution in [0.1, 0.15) is 35.9 Å². The highest BCUT2D eigenvalue weighted by Crippen LogP contribution is 2.22. The number of nitrogens with zero attached hydrogens (tertiary/aromatic N) is 1. The lowest BCUT2D eigenvalue weighted by Crippen LogP contribution is -2.23. The van der Waals surface area contributed by atoms with Crippen molar-refractivity contribution in [2.24, 2.45) is 0 Å². The molecule has 0 aliphatic carbocycles. The van der Waals surface area contributed by atoms with Gasteiger partial charge < -0.3 is 5.32 Å². The molecule has 0 atom stereocenters. The number of rotatable bonds is 6. The van der Waals surface area contributed by atoms with E-state index in [9.17, 15) is 4.79 Å². The number of carbonyl (C=O) groups excluding carboxylic acids is 1. The molecule has 0 aliphatic heterocycles. The van der Waals surface area contributed by atoms with Crippen LogP contribution in [-0.4, -0.2) is 17.4 Å². The van der Waals surface area contributed by atoms with Crippen molar-refractivity contribution in [1.82, 2.24) is 10.3 Å². The molecule has 1 amide bonds. The first-order valence-corrected chi connectivity index (χ1v) is 9.34. The summed E-state index contributed by atoms with van der Waals surface area (Å²) in [6.45, 7) is 5.00. The van der Waals surface area contributed by atoms with Crippen LogP contribution >= 0.6 is 11.3 Å². The van der Waals surface area contributed by atoms with E-state index in [2.05, 4.69) is 48.4 Å². The Labute approximate surface area is 152 Å². The molecule has 3 aromatic rings. The van der Waals surface area contributed by atoms with E-state index in [0.717, 1.165) is 21.6 Å². The van der Waals surface area contributed by atoms with Crippen molar-refractivity contribution in [2.45, 2.75) is 26.2 Å². The lowest BCUT2D eigenvalue weighted by Gasteiger charge is -2.07. The number of carbonyl (C=O) groups is 1. The van der Waals surface area contributed by atoms with Gasteiger partial charge in [-0.25, -0.2) is 4.98 Å². The van der Waals surface area contributed by atoms with Gasteiger partial charge in [0.15, 0.2) is 0 Å². The summed E-state index contributed by atoms with van der Waals surface area (Å²) < 4.78 is 1.13. The molecule has 0 saturated heterocycles. The zero-order valence-corrected chi connectivity index (χ0v) is 15.3. The highest BCUT2D eigenvalue weighted by molar-refractivity contribution is 7.19. The number of fused-ring (bicyclic) bond motifs is 1. The van der Waals surface area contributed by atoms with Crippen molar-refractivity contribution < 1.29 is 4.79 Å². The van der Waals surface area contributed by atoms with E-state index in [1.807, 2.05) is 24.3 Å². The second-order valence-electron chi connectivity index (χ2n) is 6.29. The Kier molecular flexibility index (Phi) is 5.61. The molecule has 3 rings (SSSR count). The highest BCUT2D eigenvalue weighted by atomic mass is 32.1. The Balaban J connectivity index is 1.49. The first-order valence-electron chi connectivity index (χ1n) is 8.52. The quantitative estimate of drug-likeness (QED) is 0.649. The second-order valence-corrected chi connectivity index (χ2v) is 7.35. The van der Waals surface area contributed by atoms with E-state index < -0.39 is 0 Å². The van der Waals surface area contributed by atoms with Gasteiger partial charge in [0, 0.05) is 12.6 Å². The van der Waals surface area contributed by atoms with Gasteiger partial charge in [-0.05, 0) is 41.7 Å². The minimum absolute atomic E-state index is 0.0851. The van der Waals surface area contributed by atoms with Gasteiger partial charge in [0.25, 0.3) is 0 Å². The zero-order valence-electron chi connectivity index (χ0n) is 14.5. The fourth-order valence-electron chi connectivity index (χ4n) is 2.57. The monoisotopic (exact) mass is 350 g/mol. The first-order chi connectivity index (χ1) is 12.1. The van der Waals surface area contributed by atoms with E-state index in [4.69, 9.17) is 0 Å². The Morgan fingerprint density at radius 2 is 1.92 bits per heavy atom. The molecule has 0 saturated carbocycles. The van der Waals surface area contributed by atoms with Crippen molar-refractivity contribution in [3.8, 4) is 0 Å². The smallest absolute Gasteiger partial charge is 0.244 e. The third kappa shape index (κ3) is 4.77. The van der Waals surface area contributed by atoms with Crippen LogP contribution in [0.15, 0.2) is 54.6 Å². The summed E-state index contributed by atoms with van der Waals surface area (Å²) in [4.78, 5) is 16.4. The molecule has 1 N–H and O–H groups in total. The SMILES string of the molecule is CC(C)c1ccc(CCNC(=O)/C=C/c2nc3ccccc3s2)cc1. The molecule has 0 unspecified atom stereocenters. The van der Waals surface area contributed by atoms with Crippen LogP contribution in [0.2, 0.25) is 0 Å². The molecule has 0 bridgehead atoms. The number of hydrogen-bond acceptors (Lipinski definition) is 3. The van der Waals surface area contributed by atoms with E-state index in [1.165, 1.54) is 11.1 Å². The number of benzene rings is 2. The maximum Gasteiger partial charge on any atom is 0.244 e. The normalized spacial score (nSPS) is 11.5. The number of aromatic nitrogens is 1. The van der Waals surface area contributed by atoms with E-state index in [1.54, 1.807) is 23.5 Å². The topological polar surface area (TPSA) is 42.0 Å². The molecule has 128 valence electrons. The van der Waals surface area contributed by atoms with E-state index in [-0.39, 0.29) is 5.91 Å². The highest BCUT2D eigenvalue weighted by Gasteiger charge is 2.02. The third-order valence-corrected chi connectivity index (χ3v) is 5.05. The lowest BCUT2D eigenvalue weighted by atomic mass is 10.0. The molecule has 1 heterocycles. The second kappa shape index (κ2) is 8.08. The maximum atomic E-state index is 11.9. The molecule has 0 aliphatic rings. The predicted molar refractivity (Wildman–Crippen MR) is 106 cm³/mol. The van der Waals surface area contributed by atoms with Crippen molar-refractivity contribution >= 4 is 33.5 Å². The molecule has 0 radical (unpaired) electrons. The van der Waals surface area contributed by atoms with Gasteiger partial charge in [-0.15, -0.1) is 11.3 Å². The summed E-state index contributed by atoms with van der Waals surface area (Å²) in [5.41, 5.74) is 3.55. The van der Waals surface area contributed by atoms with Crippen molar-refractivity contribution in [2.75, 3.05) is 6.54 Å². The minimum atomic E-state index is -0.0851. The van der Waals surface area contributed by atoms with Crippen LogP contribution in [0.25, 0.3) is 16.3 Å². The number of hydrogen-bond donors (Lipinski definition) is 1. The third-order valence-electron chi connectivity index (χ3n) is 4.05. The predicted octanol–water partition coefficient (Wildman–Crippen LogP) is 4.79. The Hall–Kier alpha value is -2.46. The molecule has 1 aromatic heterocycles. The molecule has 2 aromatic carbocycles. The Morgan fingerprint density at radius 1 is 1.16 bits per heavy atom. The van der Waals surface area contributed by atoms with Crippen molar-refractivity contribution in [3.05, 3.63) is 70.7 Å². The molecule has 0 spiro atoms. The Morgan fingerprint density at radius 3 is 2.64 bits per heavy atom. The summed E-state index contributed by atoms with van der Waals surface area (Å²) in [5, 5.41) is 3.77. The molecular formula is C21H22N2OS. The standard InChI is InChI=1S/C21H22N2OS/c1-15(2)17-9-7-16(8-10-17)13-14-22-20(24)11-12-21-23-18-5-3-4-6-19(18)25-21/h3-12,15H,13-14H2,1-2H3,(H,22,24)/b12-11+. The van der Waals surface area contributed by atoms with Gasteiger partial charge >= 0.3 is 0 Å². The maximum absolute atomic E-state index is 11.9. The molecule has 25 heavy (non-hydrogen) atoms. The van der Waals surface area contributed by atoms with E-state index >= 15 is 0 Å². The Bertz CT molecular complexity index is 845. The fourth-order valence-corrected chi connectivity index (χ4v) is 3.44. The average Bonchev–Trinajstić information content (AvgIpc) is 3.03. The largest absolute Gasteiger partial charge is 0.352 e. The van der Waals surface area contributed by atoms with Gasteiger partial charge in [0.05, 0.1) is 10.2 Å². The summed E-state index contributed by atoms with van der Waals surface area (Å²) in [7, 11) is 0. The summed E-state index contributed by atoms with van der Waals surface area (Å²) in [6.07, 6.45) is 4.16. The first kappa shape index (κ1) is 17.4. The zero-order chi connectivity index (χ0) is 17.6. The number of thiazole rings is 1. The van der Waals surface area contributed by atoms with Gasteiger partial charge in [-0.3, -0.25) is 4.79 Å². The van der Waals surface area contributed by atoms with Crippen LogP contribution in [0.3, 0.4) is 0 Å². The molecule has 4 heteroatoms. The van der Waals surface area contributed by atoms with Crippen molar-refractivity contribution in [3.63, 3.8) is 0 Å². The fraction of sp³-hybridized carbons (Fsp3) is 0.238. The average molecular weight is 350 g/mol. The van der Waals surface area contributed by atoms with Crippen LogP contribution in [-0.2, 0) is 11.2 Å². The van der Waals surface area contributed by atoms with Gasteiger partial charge in [0.1, 0.15) is 5.01 Å². The van der Waals surface area contributed by atoms with Gasteiger partial charge in [-0.2, -0.15) is 0 Å². The molecule has 3 nitrogen and oxygen atoms in total. The summed E-state index contributed by atoms with van der Waals surface area (Å²) in [5.74, 6) is 0.458. The number of amides is 1. The summed E-state index contributed by atoms with van der Waals surface area (Å²) >= 11 is 1.59. The number of nitrogens with one attached hydrogen (secondary N) is 1. The minimum Gasteiger partial charge on any atom is -0.352 e. The molecular weight excluding hydrogens is 328 g/mol. The van der Waals surface area contributed by atoms with E-state index in [0.29, 0.717) is 12.5 Å². The molecule has 0 fully saturated rings. The van der Waals surface area contributed by atoms with Crippen LogP contribution in [0.4, 0.5) is 0 Å². The van der Waals surface area contributed by atoms with Gasteiger partial charge in [-0.1, -0.05) is 50.2 Å². The van der Waals surface area contributed by atoms with Gasteiger partial charge in [0.2, 0.25) is 5.91 Å². The van der Waals surface area contributed by atoms with Crippen LogP contribution in [0, 0.1) is 0 Å².